The number of hydrogen-bond acceptors (Lipinski definition) is 6. The van der Waals surface area contributed by atoms with E-state index in [1.165, 1.54) is 15.9 Å². The van der Waals surface area contributed by atoms with Gasteiger partial charge in [0, 0.05) is 27.4 Å². The second kappa shape index (κ2) is 9.18. The number of benzene rings is 3. The lowest BCUT2D eigenvalue weighted by molar-refractivity contribution is 0.415. The first kappa shape index (κ1) is 22.4. The molecule has 0 aliphatic carbocycles. The molecule has 6 rings (SSSR count). The highest BCUT2D eigenvalue weighted by Gasteiger charge is 2.15. The van der Waals surface area contributed by atoms with Gasteiger partial charge < -0.3 is 4.74 Å². The highest BCUT2D eigenvalue weighted by atomic mass is 79.9. The number of halogens is 1. The number of thiazole rings is 1. The molecule has 176 valence electrons. The zero-order valence-electron chi connectivity index (χ0n) is 19.0. The molecule has 0 unspecified atom stereocenters. The first-order chi connectivity index (χ1) is 17.6. The molecule has 0 spiro atoms. The van der Waals surface area contributed by atoms with Gasteiger partial charge in [0.2, 0.25) is 4.96 Å². The summed E-state index contributed by atoms with van der Waals surface area (Å²) in [6.07, 6.45) is 3.80. The molecule has 0 N–H and O–H groups in total. The van der Waals surface area contributed by atoms with Crippen molar-refractivity contribution < 1.29 is 4.74 Å². The molecule has 0 amide bonds. The zero-order chi connectivity index (χ0) is 24.6. The normalized spacial score (nSPS) is 11.9. The number of nitrogens with zero attached hydrogens (tertiary/aromatic N) is 5. The van der Waals surface area contributed by atoms with Crippen molar-refractivity contribution in [2.45, 2.75) is 0 Å². The Balaban J connectivity index is 1.46. The summed E-state index contributed by atoms with van der Waals surface area (Å²) in [5.41, 5.74) is 4.11. The number of rotatable bonds is 5. The standard InChI is InChI=1S/C27H18BrN5O2S/c1-35-22-13-9-18(10-14-22)25-29-27-33(31-25)26(34)23(36-27)15-19-16-32(21-5-3-2-4-6-21)30-24(19)17-7-11-20(28)12-8-17/h2-16H,1H3/b23-15-. The maximum atomic E-state index is 13.2. The Morgan fingerprint density at radius 2 is 1.64 bits per heavy atom. The van der Waals surface area contributed by atoms with Gasteiger partial charge in [-0.25, -0.2) is 4.68 Å². The molecule has 6 aromatic rings. The number of aromatic nitrogens is 5. The lowest BCUT2D eigenvalue weighted by Gasteiger charge is -2.00. The van der Waals surface area contributed by atoms with Crippen LogP contribution in [-0.4, -0.2) is 31.5 Å². The molecular formula is C27H18BrN5O2S. The largest absolute Gasteiger partial charge is 0.497 e. The van der Waals surface area contributed by atoms with E-state index in [0.29, 0.717) is 15.3 Å². The SMILES string of the molecule is COc1ccc(-c2nc3s/c(=C\c4cn(-c5ccccc5)nc4-c4ccc(Br)cc4)c(=O)n3n2)cc1. The van der Waals surface area contributed by atoms with Gasteiger partial charge in [-0.3, -0.25) is 4.79 Å². The first-order valence-corrected chi connectivity index (χ1v) is 12.7. The average molecular weight is 556 g/mol. The van der Waals surface area contributed by atoms with Crippen molar-refractivity contribution >= 4 is 38.3 Å². The molecule has 9 heteroatoms. The molecule has 3 aromatic heterocycles. The molecule has 0 atom stereocenters. The van der Waals surface area contributed by atoms with E-state index in [9.17, 15) is 4.79 Å². The van der Waals surface area contributed by atoms with Crippen LogP contribution in [0.3, 0.4) is 0 Å². The minimum Gasteiger partial charge on any atom is -0.497 e. The van der Waals surface area contributed by atoms with Crippen LogP contribution in [0.25, 0.3) is 39.4 Å². The van der Waals surface area contributed by atoms with Gasteiger partial charge in [-0.1, -0.05) is 57.6 Å². The van der Waals surface area contributed by atoms with Crippen LogP contribution in [-0.2, 0) is 0 Å². The van der Waals surface area contributed by atoms with Gasteiger partial charge in [0.05, 0.1) is 23.0 Å². The van der Waals surface area contributed by atoms with Crippen LogP contribution in [0.15, 0.2) is 94.3 Å². The summed E-state index contributed by atoms with van der Waals surface area (Å²) in [6, 6.07) is 25.3. The number of methoxy groups -OCH3 is 1. The molecule has 3 heterocycles. The molecule has 0 saturated carbocycles. The van der Waals surface area contributed by atoms with E-state index < -0.39 is 0 Å². The maximum Gasteiger partial charge on any atom is 0.291 e. The summed E-state index contributed by atoms with van der Waals surface area (Å²) in [7, 11) is 1.62. The van der Waals surface area contributed by atoms with Gasteiger partial charge in [0.15, 0.2) is 5.82 Å². The van der Waals surface area contributed by atoms with E-state index in [2.05, 4.69) is 26.0 Å². The molecule has 36 heavy (non-hydrogen) atoms. The molecule has 7 nitrogen and oxygen atoms in total. The third kappa shape index (κ3) is 4.12. The van der Waals surface area contributed by atoms with Crippen molar-refractivity contribution in [3.63, 3.8) is 0 Å². The van der Waals surface area contributed by atoms with Crippen LogP contribution in [0.5, 0.6) is 5.75 Å². The average Bonchev–Trinajstić information content (AvgIpc) is 3.60. The van der Waals surface area contributed by atoms with E-state index in [0.717, 1.165) is 38.3 Å². The summed E-state index contributed by atoms with van der Waals surface area (Å²) < 4.78 is 9.92. The number of ether oxygens (including phenoxy) is 1. The topological polar surface area (TPSA) is 74.3 Å². The van der Waals surface area contributed by atoms with Crippen LogP contribution in [0.4, 0.5) is 0 Å². The molecule has 0 saturated heterocycles. The Labute approximate surface area is 218 Å². The van der Waals surface area contributed by atoms with Crippen molar-refractivity contribution in [1.29, 1.82) is 0 Å². The maximum absolute atomic E-state index is 13.2. The van der Waals surface area contributed by atoms with Crippen LogP contribution < -0.4 is 14.8 Å². The van der Waals surface area contributed by atoms with E-state index in [1.54, 1.807) is 7.11 Å². The summed E-state index contributed by atoms with van der Waals surface area (Å²) in [5, 5.41) is 9.30. The summed E-state index contributed by atoms with van der Waals surface area (Å²) >= 11 is 4.80. The lowest BCUT2D eigenvalue weighted by atomic mass is 10.1. The van der Waals surface area contributed by atoms with Crippen molar-refractivity contribution in [2.75, 3.05) is 7.11 Å². The van der Waals surface area contributed by atoms with Gasteiger partial charge in [-0.05, 0) is 54.6 Å². The second-order valence-electron chi connectivity index (χ2n) is 7.99. The third-order valence-corrected chi connectivity index (χ3v) is 7.19. The third-order valence-electron chi connectivity index (χ3n) is 5.70. The Kier molecular flexibility index (Phi) is 5.71. The highest BCUT2D eigenvalue weighted by molar-refractivity contribution is 9.10. The first-order valence-electron chi connectivity index (χ1n) is 11.1. The van der Waals surface area contributed by atoms with Crippen LogP contribution in [0.2, 0.25) is 0 Å². The highest BCUT2D eigenvalue weighted by Crippen LogP contribution is 2.26. The molecule has 3 aromatic carbocycles. The fourth-order valence-corrected chi connectivity index (χ4v) is 5.04. The Bertz CT molecular complexity index is 1790. The van der Waals surface area contributed by atoms with E-state index in [-0.39, 0.29) is 5.56 Å². The predicted octanol–water partition coefficient (Wildman–Crippen LogP) is 4.99. The molecule has 0 fully saturated rings. The van der Waals surface area contributed by atoms with Crippen molar-refractivity contribution in [1.82, 2.24) is 24.4 Å². The molecule has 0 aliphatic heterocycles. The monoisotopic (exact) mass is 555 g/mol. The van der Waals surface area contributed by atoms with Crippen molar-refractivity contribution in [3.8, 4) is 34.1 Å². The lowest BCUT2D eigenvalue weighted by Crippen LogP contribution is -2.23. The van der Waals surface area contributed by atoms with Gasteiger partial charge in [0.1, 0.15) is 5.75 Å². The fraction of sp³-hybridized carbons (Fsp3) is 0.0370. The van der Waals surface area contributed by atoms with Crippen molar-refractivity contribution in [2.24, 2.45) is 0 Å². The smallest absolute Gasteiger partial charge is 0.291 e. The fourth-order valence-electron chi connectivity index (χ4n) is 3.88. The second-order valence-corrected chi connectivity index (χ2v) is 9.92. The van der Waals surface area contributed by atoms with Gasteiger partial charge in [-0.2, -0.15) is 14.6 Å². The Morgan fingerprint density at radius 1 is 0.917 bits per heavy atom. The zero-order valence-corrected chi connectivity index (χ0v) is 21.4. The van der Waals surface area contributed by atoms with E-state index in [4.69, 9.17) is 9.84 Å². The Hall–Kier alpha value is -4.08. The minimum absolute atomic E-state index is 0.212. The predicted molar refractivity (Wildman–Crippen MR) is 145 cm³/mol. The molecule has 0 bridgehead atoms. The number of fused-ring (bicyclic) bond motifs is 1. The van der Waals surface area contributed by atoms with Crippen molar-refractivity contribution in [3.05, 3.63) is 110 Å². The summed E-state index contributed by atoms with van der Waals surface area (Å²) in [5.74, 6) is 1.25. The molecule has 0 radical (unpaired) electrons. The summed E-state index contributed by atoms with van der Waals surface area (Å²) in [6.45, 7) is 0. The summed E-state index contributed by atoms with van der Waals surface area (Å²) in [4.78, 5) is 18.4. The van der Waals surface area contributed by atoms with Crippen LogP contribution in [0, 0.1) is 0 Å². The van der Waals surface area contributed by atoms with E-state index >= 15 is 0 Å². The van der Waals surface area contributed by atoms with Gasteiger partial charge in [0.25, 0.3) is 5.56 Å². The Morgan fingerprint density at radius 3 is 2.33 bits per heavy atom. The molecular weight excluding hydrogens is 538 g/mol. The van der Waals surface area contributed by atoms with Gasteiger partial charge >= 0.3 is 0 Å². The van der Waals surface area contributed by atoms with Crippen LogP contribution >= 0.6 is 27.3 Å². The van der Waals surface area contributed by atoms with Gasteiger partial charge in [-0.15, -0.1) is 5.10 Å². The molecule has 0 aliphatic rings. The number of para-hydroxylation sites is 1. The minimum atomic E-state index is -0.212. The van der Waals surface area contributed by atoms with Crippen LogP contribution in [0.1, 0.15) is 5.56 Å². The van der Waals surface area contributed by atoms with E-state index in [1.807, 2.05) is 95.8 Å². The quantitative estimate of drug-likeness (QED) is 0.299. The number of hydrogen-bond donors (Lipinski definition) is 0.